The van der Waals surface area contributed by atoms with E-state index in [9.17, 15) is 4.79 Å². The standard InChI is InChI=1S/C13H17Cl2NO2/c1-3-4-7-18-13(17)9(2)16-10-5-6-11(14)12(15)8-10/h5-6,8-9,16H,3-4,7H2,1-2H3/t9-/m0/s1. The minimum Gasteiger partial charge on any atom is -0.464 e. The number of halogens is 2. The van der Waals surface area contributed by atoms with Crippen molar-refractivity contribution in [2.45, 2.75) is 32.7 Å². The van der Waals surface area contributed by atoms with Gasteiger partial charge in [-0.2, -0.15) is 0 Å². The Kier molecular flexibility index (Phi) is 6.30. The van der Waals surface area contributed by atoms with Crippen molar-refractivity contribution in [3.63, 3.8) is 0 Å². The van der Waals surface area contributed by atoms with Gasteiger partial charge in [-0.3, -0.25) is 0 Å². The molecule has 1 rings (SSSR count). The van der Waals surface area contributed by atoms with Gasteiger partial charge in [-0.05, 0) is 31.5 Å². The first kappa shape index (κ1) is 15.1. The molecular weight excluding hydrogens is 273 g/mol. The first-order chi connectivity index (χ1) is 8.54. The van der Waals surface area contributed by atoms with E-state index >= 15 is 0 Å². The molecule has 0 aromatic heterocycles. The van der Waals surface area contributed by atoms with E-state index in [4.69, 9.17) is 27.9 Å². The van der Waals surface area contributed by atoms with Crippen LogP contribution in [0.5, 0.6) is 0 Å². The van der Waals surface area contributed by atoms with Crippen molar-refractivity contribution >= 4 is 34.9 Å². The van der Waals surface area contributed by atoms with Gasteiger partial charge in [0.1, 0.15) is 6.04 Å². The lowest BCUT2D eigenvalue weighted by molar-refractivity contribution is -0.144. The van der Waals surface area contributed by atoms with Crippen LogP contribution in [-0.4, -0.2) is 18.6 Å². The van der Waals surface area contributed by atoms with Crippen molar-refractivity contribution in [1.29, 1.82) is 0 Å². The lowest BCUT2D eigenvalue weighted by Gasteiger charge is -2.14. The van der Waals surface area contributed by atoms with Crippen LogP contribution in [-0.2, 0) is 9.53 Å². The molecule has 0 amide bonds. The zero-order valence-electron chi connectivity index (χ0n) is 10.5. The third-order valence-electron chi connectivity index (χ3n) is 2.40. The number of rotatable bonds is 6. The number of carbonyl (C=O) groups is 1. The summed E-state index contributed by atoms with van der Waals surface area (Å²) in [5, 5.41) is 3.96. The number of unbranched alkanes of at least 4 members (excludes halogenated alkanes) is 1. The number of benzene rings is 1. The summed E-state index contributed by atoms with van der Waals surface area (Å²) in [6.07, 6.45) is 1.88. The highest BCUT2D eigenvalue weighted by Crippen LogP contribution is 2.25. The molecular formula is C13H17Cl2NO2. The highest BCUT2D eigenvalue weighted by Gasteiger charge is 2.14. The van der Waals surface area contributed by atoms with E-state index in [1.807, 2.05) is 6.92 Å². The van der Waals surface area contributed by atoms with Gasteiger partial charge in [-0.25, -0.2) is 4.79 Å². The van der Waals surface area contributed by atoms with Gasteiger partial charge < -0.3 is 10.1 Å². The molecule has 1 N–H and O–H groups in total. The fraction of sp³-hybridized carbons (Fsp3) is 0.462. The molecule has 0 aliphatic rings. The molecule has 0 radical (unpaired) electrons. The summed E-state index contributed by atoms with van der Waals surface area (Å²) in [5.41, 5.74) is 0.740. The number of carbonyl (C=O) groups excluding carboxylic acids is 1. The van der Waals surface area contributed by atoms with Crippen molar-refractivity contribution in [2.75, 3.05) is 11.9 Å². The van der Waals surface area contributed by atoms with Crippen LogP contribution in [0.25, 0.3) is 0 Å². The maximum Gasteiger partial charge on any atom is 0.328 e. The van der Waals surface area contributed by atoms with Crippen LogP contribution >= 0.6 is 23.2 Å². The number of ether oxygens (including phenoxy) is 1. The Balaban J connectivity index is 2.50. The molecule has 100 valence electrons. The van der Waals surface area contributed by atoms with Crippen molar-refractivity contribution < 1.29 is 9.53 Å². The van der Waals surface area contributed by atoms with Gasteiger partial charge >= 0.3 is 5.97 Å². The SMILES string of the molecule is CCCCOC(=O)[C@H](C)Nc1ccc(Cl)c(Cl)c1. The summed E-state index contributed by atoms with van der Waals surface area (Å²) in [6.45, 7) is 4.25. The molecule has 0 aliphatic heterocycles. The molecule has 0 unspecified atom stereocenters. The number of nitrogens with one attached hydrogen (secondary N) is 1. The summed E-state index contributed by atoms with van der Waals surface area (Å²) in [5.74, 6) is -0.269. The smallest absolute Gasteiger partial charge is 0.328 e. The normalized spacial score (nSPS) is 12.0. The second-order valence-electron chi connectivity index (χ2n) is 4.02. The van der Waals surface area contributed by atoms with E-state index in [0.717, 1.165) is 18.5 Å². The van der Waals surface area contributed by atoms with Gasteiger partial charge in [0.15, 0.2) is 0 Å². The van der Waals surface area contributed by atoms with E-state index in [0.29, 0.717) is 16.7 Å². The molecule has 0 bridgehead atoms. The van der Waals surface area contributed by atoms with Crippen molar-refractivity contribution in [3.05, 3.63) is 28.2 Å². The average Bonchev–Trinajstić information content (AvgIpc) is 2.34. The molecule has 0 aliphatic carbocycles. The first-order valence-corrected chi connectivity index (χ1v) is 6.68. The molecule has 0 saturated carbocycles. The number of esters is 1. The zero-order valence-corrected chi connectivity index (χ0v) is 12.0. The monoisotopic (exact) mass is 289 g/mol. The molecule has 0 saturated heterocycles. The van der Waals surface area contributed by atoms with E-state index in [2.05, 4.69) is 5.32 Å². The maximum atomic E-state index is 11.6. The first-order valence-electron chi connectivity index (χ1n) is 5.92. The Morgan fingerprint density at radius 3 is 2.72 bits per heavy atom. The second-order valence-corrected chi connectivity index (χ2v) is 4.83. The number of hydrogen-bond donors (Lipinski definition) is 1. The highest BCUT2D eigenvalue weighted by atomic mass is 35.5. The number of anilines is 1. The molecule has 5 heteroatoms. The largest absolute Gasteiger partial charge is 0.464 e. The predicted molar refractivity (Wildman–Crippen MR) is 75.4 cm³/mol. The molecule has 1 aromatic carbocycles. The van der Waals surface area contributed by atoms with Gasteiger partial charge in [0, 0.05) is 5.69 Å². The van der Waals surface area contributed by atoms with E-state index in [1.165, 1.54) is 0 Å². The Bertz CT molecular complexity index is 410. The van der Waals surface area contributed by atoms with E-state index in [1.54, 1.807) is 25.1 Å². The van der Waals surface area contributed by atoms with Crippen LogP contribution in [0.4, 0.5) is 5.69 Å². The van der Waals surface area contributed by atoms with Gasteiger partial charge in [0.2, 0.25) is 0 Å². The third-order valence-corrected chi connectivity index (χ3v) is 3.14. The van der Waals surface area contributed by atoms with Crippen molar-refractivity contribution in [1.82, 2.24) is 0 Å². The summed E-state index contributed by atoms with van der Waals surface area (Å²) in [6, 6.07) is 4.71. The molecule has 3 nitrogen and oxygen atoms in total. The molecule has 18 heavy (non-hydrogen) atoms. The Morgan fingerprint density at radius 2 is 2.11 bits per heavy atom. The van der Waals surface area contributed by atoms with Gasteiger partial charge in [0.25, 0.3) is 0 Å². The van der Waals surface area contributed by atoms with Gasteiger partial charge in [-0.1, -0.05) is 36.5 Å². The molecule has 1 aromatic rings. The van der Waals surface area contributed by atoms with Gasteiger partial charge in [0.05, 0.1) is 16.7 Å². The quantitative estimate of drug-likeness (QED) is 0.632. The summed E-state index contributed by atoms with van der Waals surface area (Å²) in [4.78, 5) is 11.6. The van der Waals surface area contributed by atoms with Crippen LogP contribution < -0.4 is 5.32 Å². The number of hydrogen-bond acceptors (Lipinski definition) is 3. The fourth-order valence-corrected chi connectivity index (χ4v) is 1.64. The lowest BCUT2D eigenvalue weighted by atomic mass is 10.2. The third kappa shape index (κ3) is 4.75. The molecule has 1 atom stereocenters. The Morgan fingerprint density at radius 1 is 1.39 bits per heavy atom. The van der Waals surface area contributed by atoms with Crippen molar-refractivity contribution in [3.8, 4) is 0 Å². The maximum absolute atomic E-state index is 11.6. The van der Waals surface area contributed by atoms with Crippen LogP contribution in [0.2, 0.25) is 10.0 Å². The van der Waals surface area contributed by atoms with E-state index < -0.39 is 6.04 Å². The Labute approximate surface area is 117 Å². The molecule has 0 fully saturated rings. The summed E-state index contributed by atoms with van der Waals surface area (Å²) < 4.78 is 5.11. The van der Waals surface area contributed by atoms with Crippen LogP contribution in [0, 0.1) is 0 Å². The zero-order chi connectivity index (χ0) is 13.5. The topological polar surface area (TPSA) is 38.3 Å². The average molecular weight is 290 g/mol. The van der Waals surface area contributed by atoms with Crippen LogP contribution in [0.3, 0.4) is 0 Å². The summed E-state index contributed by atoms with van der Waals surface area (Å²) >= 11 is 11.7. The highest BCUT2D eigenvalue weighted by molar-refractivity contribution is 6.42. The Hall–Kier alpha value is -0.930. The minimum atomic E-state index is -0.418. The van der Waals surface area contributed by atoms with Crippen LogP contribution in [0.1, 0.15) is 26.7 Å². The van der Waals surface area contributed by atoms with Crippen LogP contribution in [0.15, 0.2) is 18.2 Å². The predicted octanol–water partition coefficient (Wildman–Crippen LogP) is 4.14. The minimum absolute atomic E-state index is 0.269. The fourth-order valence-electron chi connectivity index (χ4n) is 1.34. The second kappa shape index (κ2) is 7.49. The lowest BCUT2D eigenvalue weighted by Crippen LogP contribution is -2.28. The summed E-state index contributed by atoms with van der Waals surface area (Å²) in [7, 11) is 0. The van der Waals surface area contributed by atoms with Crippen molar-refractivity contribution in [2.24, 2.45) is 0 Å². The van der Waals surface area contributed by atoms with Gasteiger partial charge in [-0.15, -0.1) is 0 Å². The molecule has 0 heterocycles. The molecule has 0 spiro atoms. The van der Waals surface area contributed by atoms with E-state index in [-0.39, 0.29) is 5.97 Å².